The minimum absolute atomic E-state index is 0.106. The highest BCUT2D eigenvalue weighted by Gasteiger charge is 2.47. The zero-order valence-corrected chi connectivity index (χ0v) is 18.0. The van der Waals surface area contributed by atoms with Crippen LogP contribution in [0.1, 0.15) is 28.3 Å². The van der Waals surface area contributed by atoms with Crippen LogP contribution < -0.4 is 4.90 Å². The molecule has 1 fully saturated rings. The summed E-state index contributed by atoms with van der Waals surface area (Å²) >= 11 is 6.02. The number of ketones is 1. The minimum Gasteiger partial charge on any atom is -0.507 e. The Morgan fingerprint density at radius 1 is 0.970 bits per heavy atom. The molecule has 3 aromatic carbocycles. The largest absolute Gasteiger partial charge is 0.507 e. The van der Waals surface area contributed by atoms with E-state index in [4.69, 9.17) is 11.6 Å². The van der Waals surface area contributed by atoms with Gasteiger partial charge in [0.1, 0.15) is 5.76 Å². The van der Waals surface area contributed by atoms with Crippen LogP contribution in [-0.4, -0.2) is 16.8 Å². The number of aryl methyl sites for hydroxylation is 1. The summed E-state index contributed by atoms with van der Waals surface area (Å²) in [4.78, 5) is 27.2. The van der Waals surface area contributed by atoms with Gasteiger partial charge in [-0.15, -0.1) is 0 Å². The van der Waals surface area contributed by atoms with Crippen molar-refractivity contribution in [2.24, 2.45) is 0 Å². The lowest BCUT2D eigenvalue weighted by molar-refractivity contribution is -0.137. The average Bonchev–Trinajstić information content (AvgIpc) is 3.03. The first-order valence-electron chi connectivity index (χ1n) is 9.89. The van der Waals surface area contributed by atoms with Gasteiger partial charge in [0.2, 0.25) is 0 Å². The van der Waals surface area contributed by atoms with Crippen molar-refractivity contribution < 1.29 is 27.9 Å². The second-order valence-corrected chi connectivity index (χ2v) is 8.02. The number of benzene rings is 3. The SMILES string of the molecule is Cc1ccccc1C1/C(=C(\O)c2cccc(Cl)c2)C(=O)C(=O)N1c1cccc(C(F)(F)F)c1. The number of alkyl halides is 3. The van der Waals surface area contributed by atoms with E-state index in [-0.39, 0.29) is 16.8 Å². The lowest BCUT2D eigenvalue weighted by atomic mass is 9.92. The standard InChI is InChI=1S/C25H17ClF3NO3/c1-14-6-2-3-11-19(14)21-20(22(31)15-7-4-9-17(26)12-15)23(32)24(33)30(21)18-10-5-8-16(13-18)25(27,28)29/h2-13,21,31H,1H3/b22-20+. The normalized spacial score (nSPS) is 18.1. The fourth-order valence-electron chi connectivity index (χ4n) is 3.91. The van der Waals surface area contributed by atoms with Crippen molar-refractivity contribution in [3.8, 4) is 0 Å². The van der Waals surface area contributed by atoms with Crippen LogP contribution in [0.2, 0.25) is 5.02 Å². The van der Waals surface area contributed by atoms with Gasteiger partial charge in [-0.1, -0.05) is 54.1 Å². The van der Waals surface area contributed by atoms with Gasteiger partial charge in [-0.2, -0.15) is 13.2 Å². The molecule has 3 aromatic rings. The van der Waals surface area contributed by atoms with E-state index in [0.717, 1.165) is 17.0 Å². The Kier molecular flexibility index (Phi) is 5.76. The Bertz CT molecular complexity index is 1300. The number of carbonyl (C=O) groups excluding carboxylic acids is 2. The van der Waals surface area contributed by atoms with Crippen LogP contribution in [0.25, 0.3) is 5.76 Å². The summed E-state index contributed by atoms with van der Waals surface area (Å²) in [5, 5.41) is 11.3. The molecule has 1 unspecified atom stereocenters. The van der Waals surface area contributed by atoms with Crippen molar-refractivity contribution in [1.82, 2.24) is 0 Å². The van der Waals surface area contributed by atoms with E-state index in [2.05, 4.69) is 0 Å². The molecule has 1 amide bonds. The number of nitrogens with zero attached hydrogens (tertiary/aromatic N) is 1. The molecule has 1 N–H and O–H groups in total. The first kappa shape index (κ1) is 22.6. The van der Waals surface area contributed by atoms with Gasteiger partial charge in [0.25, 0.3) is 11.7 Å². The summed E-state index contributed by atoms with van der Waals surface area (Å²) in [5.41, 5.74) is 0.110. The Morgan fingerprint density at radius 2 is 1.67 bits per heavy atom. The van der Waals surface area contributed by atoms with Crippen LogP contribution in [0.5, 0.6) is 0 Å². The van der Waals surface area contributed by atoms with Gasteiger partial charge < -0.3 is 5.11 Å². The molecular formula is C25H17ClF3NO3. The van der Waals surface area contributed by atoms with E-state index in [1.54, 1.807) is 43.3 Å². The molecule has 0 spiro atoms. The predicted molar refractivity (Wildman–Crippen MR) is 119 cm³/mol. The molecule has 8 heteroatoms. The number of hydrogen-bond donors (Lipinski definition) is 1. The number of anilines is 1. The molecule has 0 bridgehead atoms. The van der Waals surface area contributed by atoms with Crippen LogP contribution in [0.15, 0.2) is 78.4 Å². The van der Waals surface area contributed by atoms with Gasteiger partial charge in [0, 0.05) is 16.3 Å². The van der Waals surface area contributed by atoms with E-state index in [0.29, 0.717) is 16.1 Å². The van der Waals surface area contributed by atoms with Crippen molar-refractivity contribution in [1.29, 1.82) is 0 Å². The zero-order chi connectivity index (χ0) is 23.9. The summed E-state index contributed by atoms with van der Waals surface area (Å²) in [6.45, 7) is 1.75. The number of hydrogen-bond acceptors (Lipinski definition) is 3. The van der Waals surface area contributed by atoms with Gasteiger partial charge in [-0.25, -0.2) is 0 Å². The Balaban J connectivity index is 1.98. The number of rotatable bonds is 3. The summed E-state index contributed by atoms with van der Waals surface area (Å²) in [7, 11) is 0. The number of halogens is 4. The van der Waals surface area contributed by atoms with Crippen molar-refractivity contribution in [2.75, 3.05) is 4.90 Å². The Labute approximate surface area is 192 Å². The summed E-state index contributed by atoms with van der Waals surface area (Å²) in [6, 6.07) is 16.0. The monoisotopic (exact) mass is 471 g/mol. The summed E-state index contributed by atoms with van der Waals surface area (Å²) in [6.07, 6.45) is -4.64. The average molecular weight is 472 g/mol. The van der Waals surface area contributed by atoms with Crippen molar-refractivity contribution in [2.45, 2.75) is 19.1 Å². The van der Waals surface area contributed by atoms with E-state index >= 15 is 0 Å². The molecule has 1 heterocycles. The van der Waals surface area contributed by atoms with Crippen molar-refractivity contribution >= 4 is 34.7 Å². The first-order valence-corrected chi connectivity index (χ1v) is 10.3. The summed E-state index contributed by atoms with van der Waals surface area (Å²) < 4.78 is 40.0. The minimum atomic E-state index is -4.64. The molecule has 0 saturated carbocycles. The third-order valence-electron chi connectivity index (χ3n) is 5.48. The smallest absolute Gasteiger partial charge is 0.416 e. The maximum atomic E-state index is 13.3. The van der Waals surface area contributed by atoms with Crippen LogP contribution >= 0.6 is 11.6 Å². The molecule has 4 nitrogen and oxygen atoms in total. The third-order valence-corrected chi connectivity index (χ3v) is 5.71. The molecular weight excluding hydrogens is 455 g/mol. The first-order chi connectivity index (χ1) is 15.6. The molecule has 1 aliphatic rings. The van der Waals surface area contributed by atoms with Gasteiger partial charge in [0.15, 0.2) is 0 Å². The van der Waals surface area contributed by atoms with Gasteiger partial charge in [0.05, 0.1) is 17.2 Å². The molecule has 1 saturated heterocycles. The van der Waals surface area contributed by atoms with Gasteiger partial charge in [-0.05, 0) is 48.4 Å². The van der Waals surface area contributed by atoms with E-state index in [1.807, 2.05) is 0 Å². The maximum absolute atomic E-state index is 13.3. The molecule has 33 heavy (non-hydrogen) atoms. The number of aliphatic hydroxyl groups excluding tert-OH is 1. The van der Waals surface area contributed by atoms with Crippen molar-refractivity contribution in [3.63, 3.8) is 0 Å². The number of Topliss-reactive ketones (excluding diaryl/α,β-unsaturated/α-hetero) is 1. The molecule has 0 aromatic heterocycles. The van der Waals surface area contributed by atoms with Gasteiger partial charge >= 0.3 is 6.18 Å². The maximum Gasteiger partial charge on any atom is 0.416 e. The lowest BCUT2D eigenvalue weighted by Gasteiger charge is -2.27. The molecule has 168 valence electrons. The zero-order valence-electron chi connectivity index (χ0n) is 17.2. The van der Waals surface area contributed by atoms with Crippen LogP contribution in [-0.2, 0) is 15.8 Å². The van der Waals surface area contributed by atoms with E-state index in [9.17, 15) is 27.9 Å². The van der Waals surface area contributed by atoms with E-state index in [1.165, 1.54) is 24.3 Å². The number of carbonyl (C=O) groups is 2. The highest BCUT2D eigenvalue weighted by atomic mass is 35.5. The lowest BCUT2D eigenvalue weighted by Crippen LogP contribution is -2.30. The fourth-order valence-corrected chi connectivity index (χ4v) is 4.10. The molecule has 4 rings (SSSR count). The topological polar surface area (TPSA) is 57.6 Å². The summed E-state index contributed by atoms with van der Waals surface area (Å²) in [5.74, 6) is -2.50. The number of amides is 1. The van der Waals surface area contributed by atoms with Crippen LogP contribution in [0, 0.1) is 6.92 Å². The molecule has 1 aliphatic heterocycles. The third kappa shape index (κ3) is 4.12. The second-order valence-electron chi connectivity index (χ2n) is 7.58. The van der Waals surface area contributed by atoms with E-state index < -0.39 is 35.2 Å². The highest BCUT2D eigenvalue weighted by Crippen LogP contribution is 2.44. The van der Waals surface area contributed by atoms with Crippen LogP contribution in [0.3, 0.4) is 0 Å². The number of aliphatic hydroxyl groups is 1. The highest BCUT2D eigenvalue weighted by molar-refractivity contribution is 6.51. The Hall–Kier alpha value is -3.58. The molecule has 0 radical (unpaired) electrons. The molecule has 0 aliphatic carbocycles. The van der Waals surface area contributed by atoms with Crippen molar-refractivity contribution in [3.05, 3.63) is 106 Å². The predicted octanol–water partition coefficient (Wildman–Crippen LogP) is 6.29. The quantitative estimate of drug-likeness (QED) is 0.277. The Morgan fingerprint density at radius 3 is 2.33 bits per heavy atom. The molecule has 1 atom stereocenters. The van der Waals surface area contributed by atoms with Gasteiger partial charge in [-0.3, -0.25) is 14.5 Å². The fraction of sp³-hybridized carbons (Fsp3) is 0.120. The second kappa shape index (κ2) is 8.41. The van der Waals surface area contributed by atoms with Crippen LogP contribution in [0.4, 0.5) is 18.9 Å².